The lowest BCUT2D eigenvalue weighted by Crippen LogP contribution is -2.52. The molecule has 4 heterocycles. The number of imide groups is 1. The first-order valence-electron chi connectivity index (χ1n) is 12.3. The highest BCUT2D eigenvalue weighted by molar-refractivity contribution is 6.05. The highest BCUT2D eigenvalue weighted by Crippen LogP contribution is 2.30. The van der Waals surface area contributed by atoms with Crippen LogP contribution in [0.15, 0.2) is 18.2 Å². The number of hydrogen-bond acceptors (Lipinski definition) is 5. The number of carbonyl (C=O) groups excluding carboxylic acids is 3. The molecule has 0 radical (unpaired) electrons. The molecule has 0 saturated carbocycles. The molecule has 2 N–H and O–H groups in total. The molecule has 7 nitrogen and oxygen atoms in total. The van der Waals surface area contributed by atoms with Crippen molar-refractivity contribution in [3.8, 4) is 0 Å². The summed E-state index contributed by atoms with van der Waals surface area (Å²) in [5.74, 6) is -0.688. The van der Waals surface area contributed by atoms with Crippen LogP contribution in [0, 0.1) is 0 Å². The fourth-order valence-corrected chi connectivity index (χ4v) is 5.93. The SMILES string of the molecule is O=C1CCC(N2Cc3ccc(CN4CCCCC4CC[C@H]4CCCN4)cc3C2=O)C(=O)N1. The number of nitrogens with zero attached hydrogens (tertiary/aromatic N) is 2. The third kappa shape index (κ3) is 4.46. The predicted molar refractivity (Wildman–Crippen MR) is 121 cm³/mol. The zero-order chi connectivity index (χ0) is 22.1. The largest absolute Gasteiger partial charge is 0.322 e. The summed E-state index contributed by atoms with van der Waals surface area (Å²) in [6.45, 7) is 3.61. The van der Waals surface area contributed by atoms with E-state index in [0.29, 0.717) is 25.0 Å². The van der Waals surface area contributed by atoms with Gasteiger partial charge in [0.05, 0.1) is 0 Å². The van der Waals surface area contributed by atoms with Gasteiger partial charge in [0.15, 0.2) is 0 Å². The second-order valence-corrected chi connectivity index (χ2v) is 9.88. The van der Waals surface area contributed by atoms with Crippen molar-refractivity contribution in [2.45, 2.75) is 89.0 Å². The van der Waals surface area contributed by atoms with Crippen LogP contribution in [-0.2, 0) is 22.7 Å². The van der Waals surface area contributed by atoms with E-state index < -0.39 is 6.04 Å². The van der Waals surface area contributed by atoms with E-state index in [4.69, 9.17) is 0 Å². The van der Waals surface area contributed by atoms with Gasteiger partial charge in [-0.05, 0) is 75.2 Å². The average molecular weight is 439 g/mol. The second kappa shape index (κ2) is 9.32. The van der Waals surface area contributed by atoms with Crippen molar-refractivity contribution in [1.29, 1.82) is 0 Å². The maximum atomic E-state index is 13.1. The van der Waals surface area contributed by atoms with Gasteiger partial charge in [-0.15, -0.1) is 0 Å². The van der Waals surface area contributed by atoms with Crippen LogP contribution >= 0.6 is 0 Å². The Hall–Kier alpha value is -2.25. The molecule has 0 spiro atoms. The number of fused-ring (bicyclic) bond motifs is 1. The van der Waals surface area contributed by atoms with Crippen LogP contribution in [0.4, 0.5) is 0 Å². The summed E-state index contributed by atoms with van der Waals surface area (Å²) >= 11 is 0. The maximum absolute atomic E-state index is 13.1. The Morgan fingerprint density at radius 2 is 1.91 bits per heavy atom. The van der Waals surface area contributed by atoms with Gasteiger partial charge in [0.2, 0.25) is 11.8 Å². The number of hydrogen-bond donors (Lipinski definition) is 2. The van der Waals surface area contributed by atoms with Gasteiger partial charge in [-0.1, -0.05) is 18.6 Å². The Morgan fingerprint density at radius 1 is 1.00 bits per heavy atom. The number of nitrogens with one attached hydrogen (secondary N) is 2. The van der Waals surface area contributed by atoms with Gasteiger partial charge in [0.1, 0.15) is 6.04 Å². The van der Waals surface area contributed by atoms with Crippen LogP contribution < -0.4 is 10.6 Å². The van der Waals surface area contributed by atoms with E-state index in [2.05, 4.69) is 27.7 Å². The molecular weight excluding hydrogens is 404 g/mol. The van der Waals surface area contributed by atoms with Crippen molar-refractivity contribution >= 4 is 17.7 Å². The van der Waals surface area contributed by atoms with Crippen molar-refractivity contribution in [3.05, 3.63) is 34.9 Å². The fourth-order valence-electron chi connectivity index (χ4n) is 5.93. The number of rotatable bonds is 6. The van der Waals surface area contributed by atoms with E-state index in [9.17, 15) is 14.4 Å². The first-order valence-corrected chi connectivity index (χ1v) is 12.3. The molecule has 0 aliphatic carbocycles. The molecule has 1 aromatic carbocycles. The van der Waals surface area contributed by atoms with E-state index in [0.717, 1.165) is 30.8 Å². The third-order valence-corrected chi connectivity index (χ3v) is 7.74. The van der Waals surface area contributed by atoms with Crippen molar-refractivity contribution in [2.24, 2.45) is 0 Å². The maximum Gasteiger partial charge on any atom is 0.255 e. The number of likely N-dealkylation sites (tertiary alicyclic amines) is 1. The van der Waals surface area contributed by atoms with E-state index in [-0.39, 0.29) is 24.1 Å². The Morgan fingerprint density at radius 3 is 2.72 bits per heavy atom. The molecule has 3 saturated heterocycles. The van der Waals surface area contributed by atoms with Crippen molar-refractivity contribution < 1.29 is 14.4 Å². The molecule has 2 unspecified atom stereocenters. The molecule has 5 rings (SSSR count). The molecular formula is C25H34N4O3. The molecule has 0 aromatic heterocycles. The standard InChI is InChI=1S/C25H34N4O3/c30-23-11-10-22(24(31)27-23)29-16-18-7-6-17(14-21(18)25(29)32)15-28-13-2-1-5-20(28)9-8-19-4-3-12-26-19/h6-7,14,19-20,22,26H,1-5,8-13,15-16H2,(H,27,30,31)/t19-,20?,22?/m1/s1. The molecule has 3 fully saturated rings. The number of amides is 3. The summed E-state index contributed by atoms with van der Waals surface area (Å²) in [6, 6.07) is 6.99. The van der Waals surface area contributed by atoms with Gasteiger partial charge in [-0.2, -0.15) is 0 Å². The van der Waals surface area contributed by atoms with Crippen LogP contribution in [0.2, 0.25) is 0 Å². The predicted octanol–water partition coefficient (Wildman–Crippen LogP) is 2.33. The summed E-state index contributed by atoms with van der Waals surface area (Å²) in [7, 11) is 0. The average Bonchev–Trinajstić information content (AvgIpc) is 3.42. The third-order valence-electron chi connectivity index (χ3n) is 7.74. The Labute approximate surface area is 189 Å². The number of piperidine rings is 2. The van der Waals surface area contributed by atoms with Crippen LogP contribution in [0.5, 0.6) is 0 Å². The van der Waals surface area contributed by atoms with Gasteiger partial charge < -0.3 is 10.2 Å². The Kier molecular flexibility index (Phi) is 6.28. The fraction of sp³-hybridized carbons (Fsp3) is 0.640. The molecule has 1 aromatic rings. The molecule has 0 bridgehead atoms. The van der Waals surface area contributed by atoms with Crippen molar-refractivity contribution in [1.82, 2.24) is 20.4 Å². The molecule has 7 heteroatoms. The highest BCUT2D eigenvalue weighted by Gasteiger charge is 2.39. The van der Waals surface area contributed by atoms with Gasteiger partial charge in [0, 0.05) is 37.2 Å². The zero-order valence-electron chi connectivity index (χ0n) is 18.8. The van der Waals surface area contributed by atoms with Crippen molar-refractivity contribution in [3.63, 3.8) is 0 Å². The van der Waals surface area contributed by atoms with Gasteiger partial charge in [0.25, 0.3) is 5.91 Å². The molecule has 4 aliphatic heterocycles. The first-order chi connectivity index (χ1) is 15.6. The first kappa shape index (κ1) is 21.6. The second-order valence-electron chi connectivity index (χ2n) is 9.88. The van der Waals surface area contributed by atoms with Gasteiger partial charge in [-0.3, -0.25) is 24.6 Å². The van der Waals surface area contributed by atoms with Gasteiger partial charge >= 0.3 is 0 Å². The van der Waals surface area contributed by atoms with E-state index in [1.807, 2.05) is 6.07 Å². The van der Waals surface area contributed by atoms with Crippen LogP contribution in [-0.4, -0.2) is 58.7 Å². The minimum Gasteiger partial charge on any atom is -0.322 e. The lowest BCUT2D eigenvalue weighted by molar-refractivity contribution is -0.136. The summed E-state index contributed by atoms with van der Waals surface area (Å²) in [4.78, 5) is 41.1. The summed E-state index contributed by atoms with van der Waals surface area (Å²) < 4.78 is 0. The Balaban J connectivity index is 1.24. The Bertz CT molecular complexity index is 895. The molecule has 4 aliphatic rings. The van der Waals surface area contributed by atoms with E-state index >= 15 is 0 Å². The lowest BCUT2D eigenvalue weighted by Gasteiger charge is -2.36. The van der Waals surface area contributed by atoms with Crippen LogP contribution in [0.25, 0.3) is 0 Å². The molecule has 172 valence electrons. The summed E-state index contributed by atoms with van der Waals surface area (Å²) in [6.07, 6.45) is 9.61. The monoisotopic (exact) mass is 438 g/mol. The van der Waals surface area contributed by atoms with Crippen LogP contribution in [0.1, 0.15) is 79.3 Å². The number of benzene rings is 1. The quantitative estimate of drug-likeness (QED) is 0.667. The van der Waals surface area contributed by atoms with E-state index in [1.165, 1.54) is 50.5 Å². The lowest BCUT2D eigenvalue weighted by atomic mass is 9.94. The normalized spacial score (nSPS) is 28.8. The summed E-state index contributed by atoms with van der Waals surface area (Å²) in [5, 5.41) is 6.00. The zero-order valence-corrected chi connectivity index (χ0v) is 18.8. The van der Waals surface area contributed by atoms with E-state index in [1.54, 1.807) is 4.90 Å². The topological polar surface area (TPSA) is 81.8 Å². The smallest absolute Gasteiger partial charge is 0.255 e. The van der Waals surface area contributed by atoms with Crippen LogP contribution in [0.3, 0.4) is 0 Å². The summed E-state index contributed by atoms with van der Waals surface area (Å²) in [5.41, 5.74) is 2.87. The van der Waals surface area contributed by atoms with Gasteiger partial charge in [-0.25, -0.2) is 0 Å². The minimum absolute atomic E-state index is 0.0844. The molecule has 3 amide bonds. The molecule has 32 heavy (non-hydrogen) atoms. The highest BCUT2D eigenvalue weighted by atomic mass is 16.2. The van der Waals surface area contributed by atoms with Crippen molar-refractivity contribution in [2.75, 3.05) is 13.1 Å². The number of carbonyl (C=O) groups is 3. The molecule has 3 atom stereocenters. The minimum atomic E-state index is -0.549.